The van der Waals surface area contributed by atoms with Crippen LogP contribution in [0.15, 0.2) is 11.6 Å². The second kappa shape index (κ2) is 10.3. The van der Waals surface area contributed by atoms with Crippen molar-refractivity contribution in [3.63, 3.8) is 0 Å². The fraction of sp³-hybridized carbons (Fsp3) is 0.783. The van der Waals surface area contributed by atoms with Crippen molar-refractivity contribution in [1.82, 2.24) is 9.80 Å². The zero-order valence-electron chi connectivity index (χ0n) is 20.2. The van der Waals surface area contributed by atoms with Gasteiger partial charge in [0.2, 0.25) is 0 Å². The SMILES string of the molecule is CC1=CCN(C(=O)OC(C)(C)C)[C@@H](C)C1.C[C@H]1CC(=O)CCN1C(=O)OC(C)(C)C. The molecule has 0 aromatic rings. The van der Waals surface area contributed by atoms with E-state index in [2.05, 4.69) is 19.9 Å². The first-order valence-electron chi connectivity index (χ1n) is 10.8. The van der Waals surface area contributed by atoms with Gasteiger partial charge in [-0.2, -0.15) is 0 Å². The molecule has 1 fully saturated rings. The highest BCUT2D eigenvalue weighted by Crippen LogP contribution is 2.20. The molecule has 0 saturated carbocycles. The van der Waals surface area contributed by atoms with Gasteiger partial charge in [-0.25, -0.2) is 9.59 Å². The lowest BCUT2D eigenvalue weighted by atomic mass is 10.0. The molecule has 0 N–H and O–H groups in total. The summed E-state index contributed by atoms with van der Waals surface area (Å²) in [5.74, 6) is 0.224. The summed E-state index contributed by atoms with van der Waals surface area (Å²) in [6.45, 7) is 18.4. The Morgan fingerprint density at radius 1 is 0.900 bits per heavy atom. The van der Waals surface area contributed by atoms with Gasteiger partial charge in [-0.15, -0.1) is 0 Å². The van der Waals surface area contributed by atoms with Crippen LogP contribution in [0.2, 0.25) is 0 Å². The average molecular weight is 425 g/mol. The van der Waals surface area contributed by atoms with E-state index >= 15 is 0 Å². The van der Waals surface area contributed by atoms with E-state index in [0.29, 0.717) is 25.9 Å². The van der Waals surface area contributed by atoms with Gasteiger partial charge in [-0.1, -0.05) is 11.6 Å². The minimum Gasteiger partial charge on any atom is -0.444 e. The molecule has 2 rings (SSSR count). The number of hydrogen-bond donors (Lipinski definition) is 0. The normalized spacial score (nSPS) is 22.6. The Morgan fingerprint density at radius 3 is 1.80 bits per heavy atom. The van der Waals surface area contributed by atoms with Crippen molar-refractivity contribution < 1.29 is 23.9 Å². The minimum absolute atomic E-state index is 0.0406. The number of hydrogen-bond acceptors (Lipinski definition) is 5. The average Bonchev–Trinajstić information content (AvgIpc) is 2.51. The van der Waals surface area contributed by atoms with Crippen LogP contribution in [0, 0.1) is 0 Å². The largest absolute Gasteiger partial charge is 0.444 e. The molecular formula is C23H40N2O5. The van der Waals surface area contributed by atoms with Gasteiger partial charge in [0, 0.05) is 38.0 Å². The van der Waals surface area contributed by atoms with Crippen LogP contribution in [-0.4, -0.2) is 64.1 Å². The van der Waals surface area contributed by atoms with E-state index in [0.717, 1.165) is 6.42 Å². The maximum Gasteiger partial charge on any atom is 0.410 e. The number of Topliss-reactive ketones (excluding diaryl/α,β-unsaturated/α-hetero) is 1. The fourth-order valence-electron chi connectivity index (χ4n) is 3.27. The zero-order chi connectivity index (χ0) is 23.3. The Hall–Kier alpha value is -2.05. The van der Waals surface area contributed by atoms with Crippen molar-refractivity contribution in [3.8, 4) is 0 Å². The standard InChI is InChI=1S/C12H21NO2.C11H19NO3/c1-9-6-7-13(10(2)8-9)11(14)15-12(3,4)5;1-8-7-9(13)5-6-12(8)10(14)15-11(2,3)4/h6,10H,7-8H2,1-5H3;8H,5-7H2,1-4H3/t10-;8-/m00/s1. The van der Waals surface area contributed by atoms with Gasteiger partial charge in [-0.3, -0.25) is 4.79 Å². The summed E-state index contributed by atoms with van der Waals surface area (Å²) in [6.07, 6.45) is 3.40. The van der Waals surface area contributed by atoms with E-state index in [9.17, 15) is 14.4 Å². The Bertz CT molecular complexity index is 657. The van der Waals surface area contributed by atoms with Gasteiger partial charge in [0.1, 0.15) is 17.0 Å². The smallest absolute Gasteiger partial charge is 0.410 e. The first-order valence-corrected chi connectivity index (χ1v) is 10.8. The van der Waals surface area contributed by atoms with Crippen LogP contribution in [0.4, 0.5) is 9.59 Å². The number of nitrogens with zero attached hydrogens (tertiary/aromatic N) is 2. The fourth-order valence-corrected chi connectivity index (χ4v) is 3.27. The third-order valence-electron chi connectivity index (χ3n) is 4.73. The lowest BCUT2D eigenvalue weighted by Crippen LogP contribution is -2.46. The lowest BCUT2D eigenvalue weighted by molar-refractivity contribution is -0.122. The van der Waals surface area contributed by atoms with Gasteiger partial charge in [0.05, 0.1) is 0 Å². The molecule has 2 heterocycles. The van der Waals surface area contributed by atoms with Crippen LogP contribution in [0.25, 0.3) is 0 Å². The highest BCUT2D eigenvalue weighted by molar-refractivity contribution is 5.82. The van der Waals surface area contributed by atoms with Crippen molar-refractivity contribution in [2.45, 2.75) is 105 Å². The molecule has 0 bridgehead atoms. The number of likely N-dealkylation sites (tertiary alicyclic amines) is 1. The maximum atomic E-state index is 11.8. The predicted octanol–water partition coefficient (Wildman–Crippen LogP) is 4.94. The second-order valence-electron chi connectivity index (χ2n) is 10.3. The van der Waals surface area contributed by atoms with Crippen molar-refractivity contribution in [2.75, 3.05) is 13.1 Å². The monoisotopic (exact) mass is 424 g/mol. The third-order valence-corrected chi connectivity index (χ3v) is 4.73. The molecule has 7 heteroatoms. The Kier molecular flexibility index (Phi) is 8.93. The molecule has 30 heavy (non-hydrogen) atoms. The van der Waals surface area contributed by atoms with Gasteiger partial charge in [0.15, 0.2) is 0 Å². The quantitative estimate of drug-likeness (QED) is 0.515. The van der Waals surface area contributed by atoms with Gasteiger partial charge < -0.3 is 19.3 Å². The first kappa shape index (κ1) is 26.0. The Labute approximate surface area is 181 Å². The second-order valence-corrected chi connectivity index (χ2v) is 10.3. The maximum absolute atomic E-state index is 11.8. The molecule has 0 aliphatic carbocycles. The van der Waals surface area contributed by atoms with Crippen molar-refractivity contribution in [2.24, 2.45) is 0 Å². The summed E-state index contributed by atoms with van der Waals surface area (Å²) >= 11 is 0. The number of ketones is 1. The van der Waals surface area contributed by atoms with Crippen LogP contribution in [0.1, 0.15) is 81.6 Å². The first-order chi connectivity index (χ1) is 13.6. The van der Waals surface area contributed by atoms with Crippen molar-refractivity contribution in [3.05, 3.63) is 11.6 Å². The van der Waals surface area contributed by atoms with E-state index in [4.69, 9.17) is 9.47 Å². The highest BCUT2D eigenvalue weighted by Gasteiger charge is 2.30. The van der Waals surface area contributed by atoms with Gasteiger partial charge in [0.25, 0.3) is 0 Å². The van der Waals surface area contributed by atoms with Gasteiger partial charge >= 0.3 is 12.2 Å². The molecule has 0 aromatic carbocycles. The number of ether oxygens (including phenoxy) is 2. The molecule has 2 amide bonds. The zero-order valence-corrected chi connectivity index (χ0v) is 20.2. The van der Waals surface area contributed by atoms with Crippen molar-refractivity contribution >= 4 is 18.0 Å². The predicted molar refractivity (Wildman–Crippen MR) is 117 cm³/mol. The number of amides is 2. The molecule has 172 valence electrons. The molecule has 0 spiro atoms. The van der Waals surface area contributed by atoms with E-state index in [1.807, 2.05) is 48.5 Å². The summed E-state index contributed by atoms with van der Waals surface area (Å²) in [7, 11) is 0. The van der Waals surface area contributed by atoms with Crippen molar-refractivity contribution in [1.29, 1.82) is 0 Å². The molecule has 2 aliphatic rings. The van der Waals surface area contributed by atoms with Crippen LogP contribution in [0.3, 0.4) is 0 Å². The Morgan fingerprint density at radius 2 is 1.37 bits per heavy atom. The number of carbonyl (C=O) groups excluding carboxylic acids is 3. The summed E-state index contributed by atoms with van der Waals surface area (Å²) in [5, 5.41) is 0. The number of piperidine rings is 1. The summed E-state index contributed by atoms with van der Waals surface area (Å²) < 4.78 is 10.6. The van der Waals surface area contributed by atoms with E-state index in [1.54, 1.807) is 9.80 Å². The molecule has 1 saturated heterocycles. The van der Waals surface area contributed by atoms with Crippen LogP contribution in [0.5, 0.6) is 0 Å². The van der Waals surface area contributed by atoms with Crippen LogP contribution in [-0.2, 0) is 14.3 Å². The molecule has 2 atom stereocenters. The third kappa shape index (κ3) is 9.18. The molecule has 0 aromatic heterocycles. The molecule has 7 nitrogen and oxygen atoms in total. The molecule has 0 unspecified atom stereocenters. The Balaban J connectivity index is 0.000000300. The highest BCUT2D eigenvalue weighted by atomic mass is 16.6. The summed E-state index contributed by atoms with van der Waals surface area (Å²) in [4.78, 5) is 38.1. The van der Waals surface area contributed by atoms with Crippen LogP contribution >= 0.6 is 0 Å². The number of carbonyl (C=O) groups is 3. The topological polar surface area (TPSA) is 76.2 Å². The summed E-state index contributed by atoms with van der Waals surface area (Å²) in [6, 6.07) is 0.200. The summed E-state index contributed by atoms with van der Waals surface area (Å²) in [5.41, 5.74) is 0.466. The number of rotatable bonds is 0. The van der Waals surface area contributed by atoms with Crippen LogP contribution < -0.4 is 0 Å². The van der Waals surface area contributed by atoms with E-state index in [1.165, 1.54) is 5.57 Å². The minimum atomic E-state index is -0.474. The lowest BCUT2D eigenvalue weighted by Gasteiger charge is -2.34. The van der Waals surface area contributed by atoms with Gasteiger partial charge in [-0.05, 0) is 68.7 Å². The molecular weight excluding hydrogens is 384 g/mol. The molecule has 2 aliphatic heterocycles. The van der Waals surface area contributed by atoms with E-state index < -0.39 is 11.2 Å². The molecule has 0 radical (unpaired) electrons. The van der Waals surface area contributed by atoms with E-state index in [-0.39, 0.29) is 30.1 Å².